The Bertz CT molecular complexity index is 361. The van der Waals surface area contributed by atoms with E-state index in [-0.39, 0.29) is 6.61 Å². The van der Waals surface area contributed by atoms with Crippen LogP contribution in [0.4, 0.5) is 0 Å². The largest absolute Gasteiger partial charge is 0.493 e. The van der Waals surface area contributed by atoms with E-state index in [9.17, 15) is 10.2 Å². The summed E-state index contributed by atoms with van der Waals surface area (Å²) in [5.74, 6) is 0. The van der Waals surface area contributed by atoms with Crippen molar-refractivity contribution in [2.24, 2.45) is 0 Å². The Hall–Kier alpha value is -0.620. The molecule has 0 aromatic rings. The molecule has 0 aromatic carbocycles. The van der Waals surface area contributed by atoms with Gasteiger partial charge in [0.05, 0.1) is 19.5 Å². The Morgan fingerprint density at radius 3 is 2.07 bits per heavy atom. The van der Waals surface area contributed by atoms with Gasteiger partial charge in [-0.3, -0.25) is 0 Å². The fraction of sp³-hybridized carbons (Fsp3) is 0.909. The molecule has 5 heteroatoms. The van der Waals surface area contributed by atoms with Gasteiger partial charge in [-0.05, 0) is 18.9 Å². The Balaban J connectivity index is 1.93. The van der Waals surface area contributed by atoms with Crippen molar-refractivity contribution < 1.29 is 24.8 Å². The molecular formula is C22H42O5. The molecule has 1 aliphatic rings. The van der Waals surface area contributed by atoms with Crippen LogP contribution in [0, 0.1) is 0 Å². The molecule has 0 radical (unpaired) electrons. The van der Waals surface area contributed by atoms with Crippen molar-refractivity contribution >= 4 is 0 Å². The van der Waals surface area contributed by atoms with Crippen molar-refractivity contribution in [3.63, 3.8) is 0 Å². The molecule has 0 unspecified atom stereocenters. The van der Waals surface area contributed by atoms with Crippen LogP contribution in [0.1, 0.15) is 90.4 Å². The maximum absolute atomic E-state index is 9.84. The molecule has 1 rings (SSSR count). The molecule has 5 nitrogen and oxygen atoms in total. The Kier molecular flexibility index (Phi) is 14.8. The van der Waals surface area contributed by atoms with Gasteiger partial charge in [0, 0.05) is 0 Å². The molecule has 0 bridgehead atoms. The standard InChI is InChI=1S/C22H42O5/c1-2-3-4-5-6-7-8-9-10-11-12-13-14-15-16-26-22-20(25)18-27-21(22)19(24)17-23/h15-16,19-25H,2-14,17-18H2,1H3/b16-15+/t19-,20+,21+,22+/m1/s1. The second kappa shape index (κ2) is 16.3. The molecule has 0 saturated carbocycles. The predicted molar refractivity (Wildman–Crippen MR) is 109 cm³/mol. The third-order valence-electron chi connectivity index (χ3n) is 5.29. The van der Waals surface area contributed by atoms with Crippen molar-refractivity contribution in [2.75, 3.05) is 13.2 Å². The van der Waals surface area contributed by atoms with Gasteiger partial charge >= 0.3 is 0 Å². The molecule has 3 N–H and O–H groups in total. The van der Waals surface area contributed by atoms with Gasteiger partial charge < -0.3 is 24.8 Å². The van der Waals surface area contributed by atoms with Crippen molar-refractivity contribution in [1.82, 2.24) is 0 Å². The van der Waals surface area contributed by atoms with Gasteiger partial charge in [-0.25, -0.2) is 0 Å². The summed E-state index contributed by atoms with van der Waals surface area (Å²) in [7, 11) is 0. The maximum Gasteiger partial charge on any atom is 0.154 e. The van der Waals surface area contributed by atoms with Gasteiger partial charge in [-0.15, -0.1) is 0 Å². The van der Waals surface area contributed by atoms with E-state index in [1.807, 2.05) is 6.08 Å². The first-order valence-electron chi connectivity index (χ1n) is 11.1. The molecule has 0 aliphatic carbocycles. The third kappa shape index (κ3) is 11.1. The molecular weight excluding hydrogens is 344 g/mol. The smallest absolute Gasteiger partial charge is 0.154 e. The summed E-state index contributed by atoms with van der Waals surface area (Å²) in [6, 6.07) is 0. The van der Waals surface area contributed by atoms with Crippen LogP contribution >= 0.6 is 0 Å². The van der Waals surface area contributed by atoms with Crippen LogP contribution in [-0.4, -0.2) is 52.9 Å². The molecule has 4 atom stereocenters. The lowest BCUT2D eigenvalue weighted by atomic mass is 10.0. The Morgan fingerprint density at radius 1 is 0.963 bits per heavy atom. The first kappa shape index (κ1) is 24.4. The zero-order chi connectivity index (χ0) is 19.7. The molecule has 0 amide bonds. The molecule has 1 fully saturated rings. The lowest BCUT2D eigenvalue weighted by molar-refractivity contribution is -0.0721. The van der Waals surface area contributed by atoms with E-state index in [0.29, 0.717) is 0 Å². The molecule has 27 heavy (non-hydrogen) atoms. The Labute approximate surface area is 165 Å². The number of hydrogen-bond donors (Lipinski definition) is 3. The van der Waals surface area contributed by atoms with E-state index in [1.54, 1.807) is 6.26 Å². The second-order valence-electron chi connectivity index (χ2n) is 7.77. The summed E-state index contributed by atoms with van der Waals surface area (Å²) in [5.41, 5.74) is 0. The topological polar surface area (TPSA) is 79.2 Å². The highest BCUT2D eigenvalue weighted by Gasteiger charge is 2.41. The van der Waals surface area contributed by atoms with Crippen molar-refractivity contribution in [3.8, 4) is 0 Å². The third-order valence-corrected chi connectivity index (χ3v) is 5.29. The highest BCUT2D eigenvalue weighted by atomic mass is 16.6. The van der Waals surface area contributed by atoms with E-state index in [4.69, 9.17) is 14.6 Å². The summed E-state index contributed by atoms with van der Waals surface area (Å²) in [6.07, 6.45) is 17.5. The molecule has 160 valence electrons. The molecule has 1 saturated heterocycles. The first-order chi connectivity index (χ1) is 13.2. The van der Waals surface area contributed by atoms with Crippen LogP contribution in [0.2, 0.25) is 0 Å². The lowest BCUT2D eigenvalue weighted by Gasteiger charge is -2.22. The van der Waals surface area contributed by atoms with Crippen LogP contribution in [0.5, 0.6) is 0 Å². The number of allylic oxidation sites excluding steroid dienone is 1. The first-order valence-corrected chi connectivity index (χ1v) is 11.1. The van der Waals surface area contributed by atoms with Gasteiger partial charge in [-0.2, -0.15) is 0 Å². The highest BCUT2D eigenvalue weighted by molar-refractivity contribution is 4.91. The van der Waals surface area contributed by atoms with Crippen LogP contribution in [0.3, 0.4) is 0 Å². The van der Waals surface area contributed by atoms with Crippen LogP contribution < -0.4 is 0 Å². The second-order valence-corrected chi connectivity index (χ2v) is 7.77. The van der Waals surface area contributed by atoms with Crippen LogP contribution in [0.25, 0.3) is 0 Å². The zero-order valence-electron chi connectivity index (χ0n) is 17.2. The van der Waals surface area contributed by atoms with E-state index in [1.165, 1.54) is 70.6 Å². The van der Waals surface area contributed by atoms with Crippen molar-refractivity contribution in [3.05, 3.63) is 12.3 Å². The van der Waals surface area contributed by atoms with E-state index in [0.717, 1.165) is 12.8 Å². The summed E-state index contributed by atoms with van der Waals surface area (Å²) < 4.78 is 10.8. The monoisotopic (exact) mass is 386 g/mol. The summed E-state index contributed by atoms with van der Waals surface area (Å²) in [6.45, 7) is 1.98. The van der Waals surface area contributed by atoms with Crippen LogP contribution in [-0.2, 0) is 9.47 Å². The average Bonchev–Trinajstić information content (AvgIpc) is 3.04. The maximum atomic E-state index is 9.84. The van der Waals surface area contributed by atoms with Gasteiger partial charge in [0.25, 0.3) is 0 Å². The van der Waals surface area contributed by atoms with E-state index in [2.05, 4.69) is 6.92 Å². The number of hydrogen-bond acceptors (Lipinski definition) is 5. The van der Waals surface area contributed by atoms with Gasteiger partial charge in [0.1, 0.15) is 18.3 Å². The van der Waals surface area contributed by atoms with Gasteiger partial charge in [-0.1, -0.05) is 77.6 Å². The van der Waals surface area contributed by atoms with E-state index < -0.39 is 31.0 Å². The summed E-state index contributed by atoms with van der Waals surface area (Å²) >= 11 is 0. The molecule has 0 aromatic heterocycles. The minimum absolute atomic E-state index is 0.124. The normalized spacial score (nSPS) is 23.9. The molecule has 1 aliphatic heterocycles. The van der Waals surface area contributed by atoms with Crippen molar-refractivity contribution in [1.29, 1.82) is 0 Å². The Morgan fingerprint density at radius 2 is 1.52 bits per heavy atom. The zero-order valence-corrected chi connectivity index (χ0v) is 17.2. The predicted octanol–water partition coefficient (Wildman–Crippen LogP) is 4.09. The quantitative estimate of drug-likeness (QED) is 0.259. The number of aliphatic hydroxyl groups is 3. The highest BCUT2D eigenvalue weighted by Crippen LogP contribution is 2.21. The fourth-order valence-electron chi connectivity index (χ4n) is 3.54. The fourth-order valence-corrected chi connectivity index (χ4v) is 3.54. The average molecular weight is 387 g/mol. The number of aliphatic hydroxyl groups excluding tert-OH is 3. The summed E-state index contributed by atoms with van der Waals surface area (Å²) in [5, 5.41) is 28.5. The minimum Gasteiger partial charge on any atom is -0.493 e. The number of rotatable bonds is 17. The number of ether oxygens (including phenoxy) is 2. The molecule has 1 heterocycles. The van der Waals surface area contributed by atoms with Gasteiger partial charge in [0.2, 0.25) is 0 Å². The van der Waals surface area contributed by atoms with E-state index >= 15 is 0 Å². The lowest BCUT2D eigenvalue weighted by Crippen LogP contribution is -2.41. The van der Waals surface area contributed by atoms with Crippen molar-refractivity contribution in [2.45, 2.75) is 115 Å². The number of unbranched alkanes of at least 4 members (excludes halogenated alkanes) is 12. The summed E-state index contributed by atoms with van der Waals surface area (Å²) in [4.78, 5) is 0. The molecule has 0 spiro atoms. The SMILES string of the molecule is CCCCCCCCCCCCCC/C=C/O[C@@H]1[C@H]([C@H](O)CO)OC[C@@H]1O. The van der Waals surface area contributed by atoms with Gasteiger partial charge in [0.15, 0.2) is 6.10 Å². The van der Waals surface area contributed by atoms with Crippen LogP contribution in [0.15, 0.2) is 12.3 Å². The minimum atomic E-state index is -1.03.